The van der Waals surface area contributed by atoms with E-state index in [4.69, 9.17) is 5.73 Å². The van der Waals surface area contributed by atoms with Gasteiger partial charge in [-0.1, -0.05) is 6.92 Å². The van der Waals surface area contributed by atoms with Crippen LogP contribution < -0.4 is 11.1 Å². The molecule has 0 saturated heterocycles. The van der Waals surface area contributed by atoms with Crippen LogP contribution in [-0.4, -0.2) is 31.5 Å². The van der Waals surface area contributed by atoms with Gasteiger partial charge in [0, 0.05) is 12.3 Å². The van der Waals surface area contributed by atoms with Crippen LogP contribution in [0.1, 0.15) is 12.6 Å². The summed E-state index contributed by atoms with van der Waals surface area (Å²) in [7, 11) is -2.92. The second kappa shape index (κ2) is 5.16. The minimum Gasteiger partial charge on any atom is -0.397 e. The van der Waals surface area contributed by atoms with E-state index in [1.807, 2.05) is 6.92 Å². The van der Waals surface area contributed by atoms with Crippen molar-refractivity contribution in [3.8, 4) is 0 Å². The highest BCUT2D eigenvalue weighted by atomic mass is 32.2. The van der Waals surface area contributed by atoms with Crippen molar-refractivity contribution < 1.29 is 8.42 Å². The Balaban J connectivity index is 2.53. The van der Waals surface area contributed by atoms with Crippen LogP contribution in [0.2, 0.25) is 0 Å². The Hall–Kier alpha value is -1.30. The van der Waals surface area contributed by atoms with Gasteiger partial charge >= 0.3 is 0 Å². The lowest BCUT2D eigenvalue weighted by Gasteiger charge is -2.07. The number of nitrogens with two attached hydrogens (primary N) is 1. The van der Waals surface area contributed by atoms with Gasteiger partial charge in [0.15, 0.2) is 9.84 Å². The highest BCUT2D eigenvalue weighted by Gasteiger charge is 2.06. The molecule has 1 rings (SSSR count). The zero-order valence-corrected chi connectivity index (χ0v) is 10.3. The molecular formula is C10H17N3O2S. The van der Waals surface area contributed by atoms with Crippen molar-refractivity contribution >= 4 is 21.3 Å². The molecule has 0 bridgehead atoms. The lowest BCUT2D eigenvalue weighted by atomic mass is 10.3. The van der Waals surface area contributed by atoms with Gasteiger partial charge in [-0.25, -0.2) is 13.4 Å². The SMILES string of the molecule is CCS(=O)(=O)CCNc1ccc(N)c(C)n1. The number of aromatic nitrogens is 1. The van der Waals surface area contributed by atoms with Crippen LogP contribution in [-0.2, 0) is 9.84 Å². The van der Waals surface area contributed by atoms with Crippen molar-refractivity contribution in [2.45, 2.75) is 13.8 Å². The fourth-order valence-corrected chi connectivity index (χ4v) is 1.85. The summed E-state index contributed by atoms with van der Waals surface area (Å²) in [6.45, 7) is 3.82. The van der Waals surface area contributed by atoms with Crippen LogP contribution in [0.25, 0.3) is 0 Å². The van der Waals surface area contributed by atoms with E-state index in [1.54, 1.807) is 19.1 Å². The van der Waals surface area contributed by atoms with Crippen molar-refractivity contribution in [2.75, 3.05) is 29.1 Å². The number of rotatable bonds is 5. The third-order valence-corrected chi connectivity index (χ3v) is 3.99. The molecule has 0 saturated carbocycles. The number of nitrogens with one attached hydrogen (secondary N) is 1. The van der Waals surface area contributed by atoms with E-state index < -0.39 is 9.84 Å². The number of nitrogens with zero attached hydrogens (tertiary/aromatic N) is 1. The maximum absolute atomic E-state index is 11.2. The van der Waals surface area contributed by atoms with E-state index in [2.05, 4.69) is 10.3 Å². The Morgan fingerprint density at radius 1 is 1.44 bits per heavy atom. The molecule has 0 spiro atoms. The number of hydrogen-bond donors (Lipinski definition) is 2. The van der Waals surface area contributed by atoms with E-state index in [-0.39, 0.29) is 11.5 Å². The molecule has 0 aromatic carbocycles. The number of nitrogen functional groups attached to an aromatic ring is 1. The second-order valence-corrected chi connectivity index (χ2v) is 6.01. The van der Waals surface area contributed by atoms with Crippen molar-refractivity contribution in [1.82, 2.24) is 4.98 Å². The number of anilines is 2. The minimum atomic E-state index is -2.92. The fourth-order valence-electron chi connectivity index (χ4n) is 1.15. The fraction of sp³-hybridized carbons (Fsp3) is 0.500. The number of pyridine rings is 1. The third-order valence-electron chi connectivity index (χ3n) is 2.29. The van der Waals surface area contributed by atoms with Gasteiger partial charge in [0.1, 0.15) is 5.82 Å². The second-order valence-electron chi connectivity index (χ2n) is 3.53. The topological polar surface area (TPSA) is 85.1 Å². The first-order valence-corrected chi connectivity index (χ1v) is 6.94. The predicted molar refractivity (Wildman–Crippen MR) is 66.2 cm³/mol. The normalized spacial score (nSPS) is 11.4. The maximum Gasteiger partial charge on any atom is 0.151 e. The molecule has 0 aliphatic rings. The van der Waals surface area contributed by atoms with Crippen LogP contribution in [0, 0.1) is 6.92 Å². The molecule has 90 valence electrons. The van der Waals surface area contributed by atoms with E-state index >= 15 is 0 Å². The zero-order valence-electron chi connectivity index (χ0n) is 9.53. The Kier molecular flexibility index (Phi) is 4.12. The molecule has 0 aliphatic heterocycles. The van der Waals surface area contributed by atoms with Crippen molar-refractivity contribution in [3.05, 3.63) is 17.8 Å². The molecule has 1 heterocycles. The summed E-state index contributed by atoms with van der Waals surface area (Å²) < 4.78 is 22.5. The number of aryl methyl sites for hydroxylation is 1. The molecule has 0 fully saturated rings. The first kappa shape index (κ1) is 12.8. The maximum atomic E-state index is 11.2. The summed E-state index contributed by atoms with van der Waals surface area (Å²) in [5.74, 6) is 0.940. The summed E-state index contributed by atoms with van der Waals surface area (Å²) in [4.78, 5) is 4.19. The third kappa shape index (κ3) is 3.69. The van der Waals surface area contributed by atoms with Crippen LogP contribution in [0.3, 0.4) is 0 Å². The molecule has 0 aliphatic carbocycles. The molecule has 1 aromatic heterocycles. The van der Waals surface area contributed by atoms with Gasteiger partial charge in [0.25, 0.3) is 0 Å². The summed E-state index contributed by atoms with van der Waals surface area (Å²) in [6.07, 6.45) is 0. The molecule has 0 atom stereocenters. The molecule has 0 radical (unpaired) electrons. The lowest BCUT2D eigenvalue weighted by molar-refractivity contribution is 0.597. The van der Waals surface area contributed by atoms with Gasteiger partial charge in [0.05, 0.1) is 17.1 Å². The molecular weight excluding hydrogens is 226 g/mol. The quantitative estimate of drug-likeness (QED) is 0.799. The lowest BCUT2D eigenvalue weighted by Crippen LogP contribution is -2.17. The largest absolute Gasteiger partial charge is 0.397 e. The standard InChI is InChI=1S/C10H17N3O2S/c1-3-16(14,15)7-6-12-10-5-4-9(11)8(2)13-10/h4-5H,3,6-7,11H2,1-2H3,(H,12,13). The van der Waals surface area contributed by atoms with Gasteiger partial charge in [-0.05, 0) is 19.1 Å². The molecule has 16 heavy (non-hydrogen) atoms. The van der Waals surface area contributed by atoms with Gasteiger partial charge in [0.2, 0.25) is 0 Å². The Morgan fingerprint density at radius 2 is 2.12 bits per heavy atom. The van der Waals surface area contributed by atoms with Gasteiger partial charge in [-0.15, -0.1) is 0 Å². The molecule has 1 aromatic rings. The Morgan fingerprint density at radius 3 is 2.69 bits per heavy atom. The first-order valence-electron chi connectivity index (χ1n) is 5.12. The molecule has 6 heteroatoms. The number of sulfone groups is 1. The summed E-state index contributed by atoms with van der Waals surface area (Å²) in [5.41, 5.74) is 6.99. The molecule has 0 unspecified atom stereocenters. The predicted octanol–water partition coefficient (Wildman–Crippen LogP) is 0.819. The van der Waals surface area contributed by atoms with E-state index in [1.165, 1.54) is 0 Å². The van der Waals surface area contributed by atoms with Crippen LogP contribution >= 0.6 is 0 Å². The van der Waals surface area contributed by atoms with Gasteiger partial charge < -0.3 is 11.1 Å². The van der Waals surface area contributed by atoms with E-state index in [0.29, 0.717) is 18.1 Å². The smallest absolute Gasteiger partial charge is 0.151 e. The first-order chi connectivity index (χ1) is 7.44. The average molecular weight is 243 g/mol. The molecule has 3 N–H and O–H groups in total. The van der Waals surface area contributed by atoms with Crippen molar-refractivity contribution in [1.29, 1.82) is 0 Å². The summed E-state index contributed by atoms with van der Waals surface area (Å²) in [5, 5.41) is 2.96. The van der Waals surface area contributed by atoms with Gasteiger partial charge in [-0.3, -0.25) is 0 Å². The van der Waals surface area contributed by atoms with Crippen LogP contribution in [0.5, 0.6) is 0 Å². The van der Waals surface area contributed by atoms with Crippen LogP contribution in [0.4, 0.5) is 11.5 Å². The van der Waals surface area contributed by atoms with Gasteiger partial charge in [-0.2, -0.15) is 0 Å². The van der Waals surface area contributed by atoms with E-state index in [9.17, 15) is 8.42 Å². The monoisotopic (exact) mass is 243 g/mol. The average Bonchev–Trinajstić information content (AvgIpc) is 2.23. The molecule has 0 amide bonds. The summed E-state index contributed by atoms with van der Waals surface area (Å²) >= 11 is 0. The Labute approximate surface area is 96.0 Å². The Bertz CT molecular complexity index is 457. The van der Waals surface area contributed by atoms with Crippen molar-refractivity contribution in [3.63, 3.8) is 0 Å². The van der Waals surface area contributed by atoms with Crippen molar-refractivity contribution in [2.24, 2.45) is 0 Å². The minimum absolute atomic E-state index is 0.120. The highest BCUT2D eigenvalue weighted by molar-refractivity contribution is 7.91. The summed E-state index contributed by atoms with van der Waals surface area (Å²) in [6, 6.07) is 3.49. The van der Waals surface area contributed by atoms with E-state index in [0.717, 1.165) is 5.69 Å². The zero-order chi connectivity index (χ0) is 12.2. The highest BCUT2D eigenvalue weighted by Crippen LogP contribution is 2.11. The van der Waals surface area contributed by atoms with Crippen LogP contribution in [0.15, 0.2) is 12.1 Å². The number of hydrogen-bond acceptors (Lipinski definition) is 5. The molecule has 5 nitrogen and oxygen atoms in total.